The molecule has 0 radical (unpaired) electrons. The molecule has 2 rings (SSSR count). The predicted octanol–water partition coefficient (Wildman–Crippen LogP) is 2.27. The number of ether oxygens (including phenoxy) is 2. The molecule has 0 saturated carbocycles. The second-order valence-corrected chi connectivity index (χ2v) is 5.22. The van der Waals surface area contributed by atoms with Gasteiger partial charge in [-0.1, -0.05) is 0 Å². The minimum absolute atomic E-state index is 0.463. The van der Waals surface area contributed by atoms with Gasteiger partial charge < -0.3 is 14.6 Å². The molecule has 0 amide bonds. The van der Waals surface area contributed by atoms with E-state index in [9.17, 15) is 5.11 Å². The summed E-state index contributed by atoms with van der Waals surface area (Å²) in [4.78, 5) is 0. The van der Waals surface area contributed by atoms with Crippen LogP contribution in [-0.2, 0) is 9.47 Å². The Kier molecular flexibility index (Phi) is 4.62. The van der Waals surface area contributed by atoms with Gasteiger partial charge in [-0.05, 0) is 51.4 Å². The highest BCUT2D eigenvalue weighted by atomic mass is 16.5. The van der Waals surface area contributed by atoms with Crippen molar-refractivity contribution in [2.45, 2.75) is 63.1 Å². The standard InChI is InChI=1S/C13H24O3/c14-13(7-3-9-15-11-8-13)6-1-4-12-5-2-10-16-12/h12,14H,1-11H2. The largest absolute Gasteiger partial charge is 0.390 e. The van der Waals surface area contributed by atoms with E-state index in [1.54, 1.807) is 0 Å². The second-order valence-electron chi connectivity index (χ2n) is 5.22. The molecule has 0 aromatic rings. The van der Waals surface area contributed by atoms with Gasteiger partial charge in [0.15, 0.2) is 0 Å². The fourth-order valence-corrected chi connectivity index (χ4v) is 2.77. The maximum absolute atomic E-state index is 10.4. The van der Waals surface area contributed by atoms with Crippen LogP contribution in [0.4, 0.5) is 0 Å². The Morgan fingerprint density at radius 3 is 2.88 bits per heavy atom. The van der Waals surface area contributed by atoms with E-state index >= 15 is 0 Å². The van der Waals surface area contributed by atoms with Gasteiger partial charge in [0.25, 0.3) is 0 Å². The molecule has 2 unspecified atom stereocenters. The Labute approximate surface area is 98.1 Å². The number of rotatable bonds is 4. The fraction of sp³-hybridized carbons (Fsp3) is 1.00. The quantitative estimate of drug-likeness (QED) is 0.802. The lowest BCUT2D eigenvalue weighted by atomic mass is 9.88. The molecule has 0 aromatic heterocycles. The van der Waals surface area contributed by atoms with Gasteiger partial charge >= 0.3 is 0 Å². The second kappa shape index (κ2) is 5.99. The van der Waals surface area contributed by atoms with Crippen molar-refractivity contribution in [1.82, 2.24) is 0 Å². The lowest BCUT2D eigenvalue weighted by Gasteiger charge is -2.26. The highest BCUT2D eigenvalue weighted by molar-refractivity contribution is 4.80. The summed E-state index contributed by atoms with van der Waals surface area (Å²) in [6.07, 6.45) is 8.70. The number of hydrogen-bond acceptors (Lipinski definition) is 3. The van der Waals surface area contributed by atoms with E-state index in [4.69, 9.17) is 9.47 Å². The van der Waals surface area contributed by atoms with Crippen molar-refractivity contribution in [2.24, 2.45) is 0 Å². The molecule has 2 fully saturated rings. The summed E-state index contributed by atoms with van der Waals surface area (Å²) in [5.41, 5.74) is -0.463. The molecule has 16 heavy (non-hydrogen) atoms. The van der Waals surface area contributed by atoms with Crippen LogP contribution in [0.2, 0.25) is 0 Å². The van der Waals surface area contributed by atoms with Crippen molar-refractivity contribution in [3.63, 3.8) is 0 Å². The van der Waals surface area contributed by atoms with Crippen molar-refractivity contribution in [2.75, 3.05) is 19.8 Å². The molecule has 0 aliphatic carbocycles. The van der Waals surface area contributed by atoms with Crippen molar-refractivity contribution >= 4 is 0 Å². The Morgan fingerprint density at radius 2 is 2.06 bits per heavy atom. The smallest absolute Gasteiger partial charge is 0.0670 e. The first-order valence-corrected chi connectivity index (χ1v) is 6.70. The highest BCUT2D eigenvalue weighted by Crippen LogP contribution is 2.28. The normalized spacial score (nSPS) is 36.2. The molecule has 2 aliphatic rings. The first-order chi connectivity index (χ1) is 7.79. The van der Waals surface area contributed by atoms with Crippen molar-refractivity contribution < 1.29 is 14.6 Å². The maximum atomic E-state index is 10.4. The lowest BCUT2D eigenvalue weighted by molar-refractivity contribution is 0.00456. The zero-order valence-electron chi connectivity index (χ0n) is 10.1. The van der Waals surface area contributed by atoms with Gasteiger partial charge in [0.2, 0.25) is 0 Å². The summed E-state index contributed by atoms with van der Waals surface area (Å²) >= 11 is 0. The first kappa shape index (κ1) is 12.3. The Hall–Kier alpha value is -0.120. The molecule has 2 heterocycles. The summed E-state index contributed by atoms with van der Waals surface area (Å²) in [6, 6.07) is 0. The summed E-state index contributed by atoms with van der Waals surface area (Å²) in [7, 11) is 0. The third-order valence-corrected chi connectivity index (χ3v) is 3.83. The molecule has 3 heteroatoms. The van der Waals surface area contributed by atoms with Gasteiger partial charge in [0.05, 0.1) is 11.7 Å². The third kappa shape index (κ3) is 3.72. The fourth-order valence-electron chi connectivity index (χ4n) is 2.77. The molecule has 1 N–H and O–H groups in total. The van der Waals surface area contributed by atoms with Crippen LogP contribution >= 0.6 is 0 Å². The average molecular weight is 228 g/mol. The first-order valence-electron chi connectivity index (χ1n) is 6.70. The summed E-state index contributed by atoms with van der Waals surface area (Å²) < 4.78 is 11.0. The highest BCUT2D eigenvalue weighted by Gasteiger charge is 2.28. The van der Waals surface area contributed by atoms with E-state index in [1.165, 1.54) is 12.8 Å². The minimum atomic E-state index is -0.463. The van der Waals surface area contributed by atoms with Gasteiger partial charge in [-0.25, -0.2) is 0 Å². The van der Waals surface area contributed by atoms with Crippen LogP contribution in [0.15, 0.2) is 0 Å². The van der Waals surface area contributed by atoms with E-state index in [-0.39, 0.29) is 0 Å². The molecular formula is C13H24O3. The molecule has 94 valence electrons. The minimum Gasteiger partial charge on any atom is -0.390 e. The van der Waals surface area contributed by atoms with Gasteiger partial charge in [-0.2, -0.15) is 0 Å². The Morgan fingerprint density at radius 1 is 1.12 bits per heavy atom. The summed E-state index contributed by atoms with van der Waals surface area (Å²) in [5, 5.41) is 10.4. The average Bonchev–Trinajstić information content (AvgIpc) is 2.68. The zero-order chi connectivity index (χ0) is 11.3. The predicted molar refractivity (Wildman–Crippen MR) is 62.4 cm³/mol. The zero-order valence-corrected chi connectivity index (χ0v) is 10.1. The molecule has 0 aromatic carbocycles. The molecular weight excluding hydrogens is 204 g/mol. The van der Waals surface area contributed by atoms with Gasteiger partial charge in [-0.3, -0.25) is 0 Å². The van der Waals surface area contributed by atoms with E-state index in [2.05, 4.69) is 0 Å². The topological polar surface area (TPSA) is 38.7 Å². The van der Waals surface area contributed by atoms with Crippen LogP contribution < -0.4 is 0 Å². The SMILES string of the molecule is OC1(CCCC2CCCO2)CCCOCC1. The summed E-state index contributed by atoms with van der Waals surface area (Å²) in [6.45, 7) is 2.47. The molecule has 2 aliphatic heterocycles. The van der Waals surface area contributed by atoms with Crippen molar-refractivity contribution in [1.29, 1.82) is 0 Å². The Bertz CT molecular complexity index is 191. The molecule has 2 saturated heterocycles. The van der Waals surface area contributed by atoms with Crippen LogP contribution in [0.3, 0.4) is 0 Å². The number of hydrogen-bond donors (Lipinski definition) is 1. The van der Waals surface area contributed by atoms with Gasteiger partial charge in [0, 0.05) is 19.8 Å². The monoisotopic (exact) mass is 228 g/mol. The van der Waals surface area contributed by atoms with Crippen molar-refractivity contribution in [3.8, 4) is 0 Å². The molecule has 0 spiro atoms. The number of aliphatic hydroxyl groups is 1. The van der Waals surface area contributed by atoms with Crippen LogP contribution in [0, 0.1) is 0 Å². The van der Waals surface area contributed by atoms with Crippen LogP contribution in [0.25, 0.3) is 0 Å². The van der Waals surface area contributed by atoms with Gasteiger partial charge in [0.1, 0.15) is 0 Å². The third-order valence-electron chi connectivity index (χ3n) is 3.83. The van der Waals surface area contributed by atoms with E-state index in [0.29, 0.717) is 6.10 Å². The molecule has 0 bridgehead atoms. The maximum Gasteiger partial charge on any atom is 0.0670 e. The van der Waals surface area contributed by atoms with Crippen LogP contribution in [-0.4, -0.2) is 36.6 Å². The van der Waals surface area contributed by atoms with Gasteiger partial charge in [-0.15, -0.1) is 0 Å². The van der Waals surface area contributed by atoms with Crippen LogP contribution in [0.1, 0.15) is 51.4 Å². The molecule has 2 atom stereocenters. The lowest BCUT2D eigenvalue weighted by Crippen LogP contribution is -2.29. The molecule has 3 nitrogen and oxygen atoms in total. The Balaban J connectivity index is 1.66. The van der Waals surface area contributed by atoms with E-state index < -0.39 is 5.60 Å². The van der Waals surface area contributed by atoms with E-state index in [0.717, 1.165) is 58.3 Å². The van der Waals surface area contributed by atoms with Crippen molar-refractivity contribution in [3.05, 3.63) is 0 Å². The summed E-state index contributed by atoms with van der Waals surface area (Å²) in [5.74, 6) is 0. The van der Waals surface area contributed by atoms with Crippen LogP contribution in [0.5, 0.6) is 0 Å². The van der Waals surface area contributed by atoms with E-state index in [1.807, 2.05) is 0 Å².